The minimum Gasteiger partial charge on any atom is -0.495 e. The Morgan fingerprint density at radius 1 is 1.11 bits per heavy atom. The number of halogens is 3. The zero-order valence-corrected chi connectivity index (χ0v) is 24.6. The van der Waals surface area contributed by atoms with Gasteiger partial charge < -0.3 is 25.4 Å². The number of alkyl halides is 3. The van der Waals surface area contributed by atoms with Crippen molar-refractivity contribution >= 4 is 37.1 Å². The largest absolute Gasteiger partial charge is 0.512 e. The molecule has 0 spiro atoms. The number of aryl methyl sites for hydroxylation is 1. The van der Waals surface area contributed by atoms with Crippen LogP contribution in [0.15, 0.2) is 42.7 Å². The lowest BCUT2D eigenvalue weighted by Gasteiger charge is -2.17. The average Bonchev–Trinajstić information content (AvgIpc) is 3.42. The molecular formula is C27H27F3N8O5P+. The highest BCUT2D eigenvalue weighted by atomic mass is 31.1. The summed E-state index contributed by atoms with van der Waals surface area (Å²) < 4.78 is 72.7. The monoisotopic (exact) mass is 631 g/mol. The van der Waals surface area contributed by atoms with Crippen LogP contribution in [0.1, 0.15) is 28.0 Å². The highest BCUT2D eigenvalue weighted by Crippen LogP contribution is 2.38. The molecule has 8 rings (SSSR count). The van der Waals surface area contributed by atoms with E-state index in [9.17, 15) is 22.5 Å². The third-order valence-electron chi connectivity index (χ3n) is 6.47. The van der Waals surface area contributed by atoms with Gasteiger partial charge in [-0.15, -0.1) is 9.62 Å². The maximum absolute atomic E-state index is 14.0. The van der Waals surface area contributed by atoms with E-state index in [1.54, 1.807) is 29.1 Å². The van der Waals surface area contributed by atoms with Gasteiger partial charge in [0.1, 0.15) is 23.7 Å². The molecule has 3 N–H and O–H groups in total. The summed E-state index contributed by atoms with van der Waals surface area (Å²) in [4.78, 5) is 25.2. The second-order valence-electron chi connectivity index (χ2n) is 9.40. The molecule has 4 aromatic rings. The van der Waals surface area contributed by atoms with Crippen LogP contribution in [0.4, 0.5) is 36.3 Å². The van der Waals surface area contributed by atoms with Crippen molar-refractivity contribution in [3.05, 3.63) is 59.5 Å². The second-order valence-corrected chi connectivity index (χ2v) is 10.6. The van der Waals surface area contributed by atoms with Gasteiger partial charge in [-0.25, -0.2) is 9.97 Å². The van der Waals surface area contributed by atoms with Gasteiger partial charge in [0.25, 0.3) is 5.91 Å². The Labute approximate surface area is 250 Å². The number of hydrogen-bond acceptors (Lipinski definition) is 11. The van der Waals surface area contributed by atoms with E-state index in [2.05, 4.69) is 36.0 Å². The van der Waals surface area contributed by atoms with E-state index in [-0.39, 0.29) is 41.7 Å². The first-order valence-electron chi connectivity index (χ1n) is 13.2. The van der Waals surface area contributed by atoms with Crippen LogP contribution in [0.25, 0.3) is 11.3 Å². The van der Waals surface area contributed by atoms with Gasteiger partial charge in [0.15, 0.2) is 5.69 Å². The molecule has 1 atom stereocenters. The second kappa shape index (κ2) is 12.8. The summed E-state index contributed by atoms with van der Waals surface area (Å²) in [6.07, 6.45) is -1.94. The minimum absolute atomic E-state index is 0.0371. The normalized spacial score (nSPS) is 14.5. The summed E-state index contributed by atoms with van der Waals surface area (Å²) in [6, 6.07) is 7.84. The summed E-state index contributed by atoms with van der Waals surface area (Å²) in [7, 11) is 2.16. The van der Waals surface area contributed by atoms with Crippen LogP contribution < -0.4 is 25.4 Å². The fourth-order valence-corrected chi connectivity index (χ4v) is 5.28. The quantitative estimate of drug-likeness (QED) is 0.253. The number of carbonyl (C=O) groups is 1. The number of pyridine rings is 1. The number of ether oxygens (including phenoxy) is 2. The summed E-state index contributed by atoms with van der Waals surface area (Å²) >= 11 is 0. The molecule has 1 amide bonds. The number of aromatic nitrogens is 5. The van der Waals surface area contributed by atoms with Crippen LogP contribution in [0.5, 0.6) is 11.6 Å². The molecule has 4 aliphatic heterocycles. The lowest BCUT2D eigenvalue weighted by Crippen LogP contribution is -2.21. The van der Waals surface area contributed by atoms with Gasteiger partial charge in [0.05, 0.1) is 36.9 Å². The van der Waals surface area contributed by atoms with Gasteiger partial charge in [0, 0.05) is 31.5 Å². The van der Waals surface area contributed by atoms with Crippen LogP contribution in [0, 0.1) is 0 Å². The first-order valence-corrected chi connectivity index (χ1v) is 14.5. The summed E-state index contributed by atoms with van der Waals surface area (Å²) in [5.74, 6) is -0.934. The van der Waals surface area contributed by atoms with Gasteiger partial charge in [-0.3, -0.25) is 9.48 Å². The molecule has 0 fully saturated rings. The van der Waals surface area contributed by atoms with Crippen LogP contribution in [-0.4, -0.2) is 58.5 Å². The van der Waals surface area contributed by atoms with E-state index >= 15 is 0 Å². The number of hydrogen-bond donors (Lipinski definition) is 3. The Hall–Kier alpha value is -4.82. The van der Waals surface area contributed by atoms with Gasteiger partial charge in [-0.05, 0) is 35.3 Å². The van der Waals surface area contributed by atoms with Crippen LogP contribution in [0.2, 0.25) is 0 Å². The molecule has 17 heteroatoms. The number of anilines is 4. The Morgan fingerprint density at radius 2 is 1.91 bits per heavy atom. The predicted octanol–water partition coefficient (Wildman–Crippen LogP) is 5.28. The lowest BCUT2D eigenvalue weighted by atomic mass is 10.1. The molecule has 1 aromatic carbocycles. The first-order chi connectivity index (χ1) is 21.1. The van der Waals surface area contributed by atoms with Crippen LogP contribution in [-0.2, 0) is 28.0 Å². The Balaban J connectivity index is 1.64. The number of nitrogens with one attached hydrogen (secondary N) is 3. The Morgan fingerprint density at radius 3 is 2.64 bits per heavy atom. The molecule has 13 nitrogen and oxygen atoms in total. The average molecular weight is 632 g/mol. The van der Waals surface area contributed by atoms with Gasteiger partial charge in [0.2, 0.25) is 18.0 Å². The van der Waals surface area contributed by atoms with E-state index in [1.165, 1.54) is 33.4 Å². The molecule has 7 heterocycles. The zero-order valence-electron chi connectivity index (χ0n) is 23.7. The van der Waals surface area contributed by atoms with Crippen molar-refractivity contribution in [2.24, 2.45) is 0 Å². The molecule has 0 saturated carbocycles. The molecule has 3 aromatic heterocycles. The number of benzene rings is 1. The molecule has 0 radical (unpaired) electrons. The number of amides is 1. The van der Waals surface area contributed by atoms with Crippen molar-refractivity contribution in [2.45, 2.75) is 25.3 Å². The Bertz CT molecular complexity index is 1720. The fraction of sp³-hybridized carbons (Fsp3) is 0.296. The smallest absolute Gasteiger partial charge is 0.495 e. The van der Waals surface area contributed by atoms with Crippen molar-refractivity contribution in [3.63, 3.8) is 0 Å². The standard InChI is InChI=1S/C27H26F3N8O5P/c1-31-24(39)22-20-8-7-18(33-22)16-13-38(37-25(16)42-3)9-4-10-43-44(40)14-15-5-6-19(21(11-15)41-2)35-26-32-12-17(27(28,29)30)23(34-20)36-26/h5-8,11-13H,4,9-10,14H2,1-3H3,(H2-,31,32,34,35,36,39)/p+1. The third kappa shape index (κ3) is 6.71. The van der Waals surface area contributed by atoms with E-state index in [0.717, 1.165) is 0 Å². The first kappa shape index (κ1) is 30.6. The van der Waals surface area contributed by atoms with Crippen molar-refractivity contribution in [1.82, 2.24) is 30.0 Å². The molecular weight excluding hydrogens is 604 g/mol. The molecule has 44 heavy (non-hydrogen) atoms. The van der Waals surface area contributed by atoms with Crippen LogP contribution in [0.3, 0.4) is 0 Å². The molecule has 0 aliphatic carbocycles. The third-order valence-corrected chi connectivity index (χ3v) is 7.57. The fourth-order valence-electron chi connectivity index (χ4n) is 4.36. The number of nitrogens with zero attached hydrogens (tertiary/aromatic N) is 5. The summed E-state index contributed by atoms with van der Waals surface area (Å²) in [5.41, 5.74) is 0.338. The number of carbonyl (C=O) groups excluding carboxylic acids is 1. The zero-order chi connectivity index (χ0) is 31.4. The highest BCUT2D eigenvalue weighted by molar-refractivity contribution is 7.38. The van der Waals surface area contributed by atoms with E-state index in [4.69, 9.17) is 14.0 Å². The highest BCUT2D eigenvalue weighted by Gasteiger charge is 2.36. The molecule has 1 unspecified atom stereocenters. The SMILES string of the molecule is CNC(=O)c1nc2ccc1Nc1nc(ncc1C(F)(F)F)Nc1ccc(cc1OC)C[P+](=O)OCCCn1cc-2c(OC)n1. The number of methoxy groups -OCH3 is 2. The topological polar surface area (TPSA) is 154 Å². The molecule has 8 bridgehead atoms. The lowest BCUT2D eigenvalue weighted by molar-refractivity contribution is -0.137. The minimum atomic E-state index is -4.83. The Kier molecular flexibility index (Phi) is 8.92. The molecule has 4 aliphatic rings. The maximum atomic E-state index is 14.0. The predicted molar refractivity (Wildman–Crippen MR) is 154 cm³/mol. The van der Waals surface area contributed by atoms with E-state index in [1.807, 2.05) is 0 Å². The van der Waals surface area contributed by atoms with Crippen molar-refractivity contribution < 1.29 is 36.5 Å². The number of rotatable bonds is 3. The van der Waals surface area contributed by atoms with Gasteiger partial charge >= 0.3 is 14.2 Å². The van der Waals surface area contributed by atoms with Crippen molar-refractivity contribution in [2.75, 3.05) is 38.5 Å². The summed E-state index contributed by atoms with van der Waals surface area (Å²) in [5, 5.41) is 12.3. The van der Waals surface area contributed by atoms with Crippen LogP contribution >= 0.6 is 8.03 Å². The van der Waals surface area contributed by atoms with Crippen molar-refractivity contribution in [3.8, 4) is 22.9 Å². The molecule has 230 valence electrons. The van der Waals surface area contributed by atoms with Gasteiger partial charge in [-0.1, -0.05) is 6.07 Å². The molecule has 0 saturated heterocycles. The summed E-state index contributed by atoms with van der Waals surface area (Å²) in [6.45, 7) is 0.600. The van der Waals surface area contributed by atoms with E-state index < -0.39 is 31.5 Å². The van der Waals surface area contributed by atoms with Gasteiger partial charge in [-0.2, -0.15) is 18.2 Å². The van der Waals surface area contributed by atoms with Crippen molar-refractivity contribution in [1.29, 1.82) is 0 Å². The van der Waals surface area contributed by atoms with E-state index in [0.29, 0.717) is 41.7 Å². The maximum Gasteiger partial charge on any atom is 0.512 e.